The highest BCUT2D eigenvalue weighted by atomic mass is 16.2. The van der Waals surface area contributed by atoms with Crippen LogP contribution in [0, 0.1) is 0 Å². The van der Waals surface area contributed by atoms with E-state index in [-0.39, 0.29) is 30.2 Å². The van der Waals surface area contributed by atoms with Crippen LogP contribution in [0.5, 0.6) is 0 Å². The number of carbonyl (C=O) groups excluding carboxylic acids is 2. The molecule has 0 saturated heterocycles. The molecule has 1 aliphatic heterocycles. The average Bonchev–Trinajstić information content (AvgIpc) is 3.18. The predicted octanol–water partition coefficient (Wildman–Crippen LogP) is 0.324. The van der Waals surface area contributed by atoms with Crippen molar-refractivity contribution >= 4 is 11.8 Å². The molecule has 0 bridgehead atoms. The van der Waals surface area contributed by atoms with Crippen molar-refractivity contribution in [1.82, 2.24) is 24.6 Å². The molecule has 136 valence electrons. The number of nitrogens with zero attached hydrogens (tertiary/aromatic N) is 4. The summed E-state index contributed by atoms with van der Waals surface area (Å²) in [6, 6.07) is 8.01. The van der Waals surface area contributed by atoms with E-state index >= 15 is 0 Å². The summed E-state index contributed by atoms with van der Waals surface area (Å²) in [5, 5.41) is 7.08. The van der Waals surface area contributed by atoms with Crippen molar-refractivity contribution in [2.45, 2.75) is 38.9 Å². The summed E-state index contributed by atoms with van der Waals surface area (Å²) in [6.45, 7) is 3.16. The Bertz CT molecular complexity index is 929. The van der Waals surface area contributed by atoms with Gasteiger partial charge in [0.1, 0.15) is 6.54 Å². The van der Waals surface area contributed by atoms with Gasteiger partial charge in [-0.25, -0.2) is 9.48 Å². The highest BCUT2D eigenvalue weighted by Gasteiger charge is 2.29. The maximum atomic E-state index is 12.4. The van der Waals surface area contributed by atoms with Crippen molar-refractivity contribution in [3.8, 4) is 0 Å². The molecule has 1 atom stereocenters. The highest BCUT2D eigenvalue weighted by Crippen LogP contribution is 2.30. The van der Waals surface area contributed by atoms with Gasteiger partial charge in [-0.1, -0.05) is 24.3 Å². The van der Waals surface area contributed by atoms with Crippen molar-refractivity contribution in [3.05, 3.63) is 51.7 Å². The van der Waals surface area contributed by atoms with E-state index < -0.39 is 5.69 Å². The zero-order valence-electron chi connectivity index (χ0n) is 14.6. The molecule has 26 heavy (non-hydrogen) atoms. The van der Waals surface area contributed by atoms with Gasteiger partial charge in [0.25, 0.3) is 5.91 Å². The Morgan fingerprint density at radius 1 is 1.27 bits per heavy atom. The van der Waals surface area contributed by atoms with Crippen LogP contribution >= 0.6 is 0 Å². The SMILES string of the molecule is CCN1CCn2c(nn(CC(=O)NC3CCc4ccccc43)c2=O)C1=O. The number of carbonyl (C=O) groups is 2. The quantitative estimate of drug-likeness (QED) is 0.856. The van der Waals surface area contributed by atoms with E-state index in [0.717, 1.165) is 23.1 Å². The summed E-state index contributed by atoms with van der Waals surface area (Å²) in [7, 11) is 0. The zero-order valence-corrected chi connectivity index (χ0v) is 14.6. The van der Waals surface area contributed by atoms with E-state index in [2.05, 4.69) is 16.5 Å². The van der Waals surface area contributed by atoms with Crippen molar-refractivity contribution in [2.24, 2.45) is 0 Å². The topological polar surface area (TPSA) is 89.2 Å². The first-order valence-electron chi connectivity index (χ1n) is 8.92. The fraction of sp³-hybridized carbons (Fsp3) is 0.444. The lowest BCUT2D eigenvalue weighted by atomic mass is 10.1. The number of benzene rings is 1. The lowest BCUT2D eigenvalue weighted by Crippen LogP contribution is -2.43. The van der Waals surface area contributed by atoms with Gasteiger partial charge in [-0.05, 0) is 30.9 Å². The Morgan fingerprint density at radius 2 is 2.08 bits per heavy atom. The Labute approximate surface area is 150 Å². The monoisotopic (exact) mass is 355 g/mol. The van der Waals surface area contributed by atoms with Gasteiger partial charge in [0, 0.05) is 19.6 Å². The molecule has 0 spiro atoms. The number of aryl methyl sites for hydroxylation is 1. The summed E-state index contributed by atoms with van der Waals surface area (Å²) >= 11 is 0. The molecule has 1 N–H and O–H groups in total. The lowest BCUT2D eigenvalue weighted by molar-refractivity contribution is -0.122. The highest BCUT2D eigenvalue weighted by molar-refractivity contribution is 5.91. The minimum absolute atomic E-state index is 0.0381. The molecule has 2 heterocycles. The molecule has 0 fully saturated rings. The minimum atomic E-state index is -0.411. The van der Waals surface area contributed by atoms with Crippen LogP contribution in [-0.2, 0) is 24.3 Å². The second kappa shape index (κ2) is 6.44. The van der Waals surface area contributed by atoms with Crippen LogP contribution in [0.15, 0.2) is 29.1 Å². The number of hydrogen-bond donors (Lipinski definition) is 1. The number of hydrogen-bond acceptors (Lipinski definition) is 4. The molecular formula is C18H21N5O3. The van der Waals surface area contributed by atoms with Crippen molar-refractivity contribution in [2.75, 3.05) is 13.1 Å². The molecule has 2 aliphatic rings. The number of fused-ring (bicyclic) bond motifs is 2. The van der Waals surface area contributed by atoms with Crippen molar-refractivity contribution < 1.29 is 9.59 Å². The van der Waals surface area contributed by atoms with Crippen LogP contribution in [0.1, 0.15) is 41.1 Å². The van der Waals surface area contributed by atoms with E-state index in [1.165, 1.54) is 10.1 Å². The smallest absolute Gasteiger partial charge is 0.346 e. The van der Waals surface area contributed by atoms with E-state index in [9.17, 15) is 14.4 Å². The van der Waals surface area contributed by atoms with E-state index in [1.54, 1.807) is 4.90 Å². The van der Waals surface area contributed by atoms with Crippen molar-refractivity contribution in [3.63, 3.8) is 0 Å². The summed E-state index contributed by atoms with van der Waals surface area (Å²) in [6.07, 6.45) is 1.78. The Balaban J connectivity index is 1.49. The number of likely N-dealkylation sites (N-methyl/N-ethyl adjacent to an activating group) is 1. The molecule has 1 aromatic carbocycles. The summed E-state index contributed by atoms with van der Waals surface area (Å²) in [5.74, 6) is -0.425. The van der Waals surface area contributed by atoms with Gasteiger partial charge in [-0.15, -0.1) is 5.10 Å². The number of rotatable bonds is 4. The van der Waals surface area contributed by atoms with Gasteiger partial charge in [0.15, 0.2) is 0 Å². The van der Waals surface area contributed by atoms with E-state index in [1.807, 2.05) is 25.1 Å². The average molecular weight is 355 g/mol. The molecule has 0 radical (unpaired) electrons. The largest absolute Gasteiger partial charge is 0.348 e. The van der Waals surface area contributed by atoms with Crippen molar-refractivity contribution in [1.29, 1.82) is 0 Å². The number of nitrogens with one attached hydrogen (secondary N) is 1. The molecule has 2 amide bonds. The molecule has 8 nitrogen and oxygen atoms in total. The fourth-order valence-corrected chi connectivity index (χ4v) is 3.75. The molecule has 2 aromatic rings. The van der Waals surface area contributed by atoms with Crippen LogP contribution in [0.25, 0.3) is 0 Å². The van der Waals surface area contributed by atoms with E-state index in [4.69, 9.17) is 0 Å². The molecule has 1 aromatic heterocycles. The normalized spacial score (nSPS) is 18.6. The van der Waals surface area contributed by atoms with Crippen LogP contribution in [0.3, 0.4) is 0 Å². The van der Waals surface area contributed by atoms with Gasteiger partial charge in [-0.3, -0.25) is 14.2 Å². The van der Waals surface area contributed by atoms with Gasteiger partial charge in [0.2, 0.25) is 11.7 Å². The summed E-state index contributed by atoms with van der Waals surface area (Å²) in [5.41, 5.74) is 1.97. The zero-order chi connectivity index (χ0) is 18.3. The molecule has 1 unspecified atom stereocenters. The molecule has 8 heteroatoms. The van der Waals surface area contributed by atoms with E-state index in [0.29, 0.717) is 19.6 Å². The Kier molecular flexibility index (Phi) is 4.10. The second-order valence-electron chi connectivity index (χ2n) is 6.66. The molecule has 4 rings (SSSR count). The van der Waals surface area contributed by atoms with Gasteiger partial charge < -0.3 is 10.2 Å². The molecule has 0 saturated carbocycles. The Hall–Kier alpha value is -2.90. The number of amides is 2. The van der Waals surface area contributed by atoms with Gasteiger partial charge in [0.05, 0.1) is 6.04 Å². The van der Waals surface area contributed by atoms with Gasteiger partial charge in [-0.2, -0.15) is 0 Å². The number of aromatic nitrogens is 3. The maximum absolute atomic E-state index is 12.4. The van der Waals surface area contributed by atoms with Crippen LogP contribution in [-0.4, -0.2) is 44.2 Å². The third-order valence-electron chi connectivity index (χ3n) is 5.14. The lowest BCUT2D eigenvalue weighted by Gasteiger charge is -2.24. The summed E-state index contributed by atoms with van der Waals surface area (Å²) in [4.78, 5) is 38.8. The van der Waals surface area contributed by atoms with Crippen LogP contribution < -0.4 is 11.0 Å². The molecular weight excluding hydrogens is 334 g/mol. The first-order chi connectivity index (χ1) is 12.6. The van der Waals surface area contributed by atoms with Crippen LogP contribution in [0.2, 0.25) is 0 Å². The first kappa shape index (κ1) is 16.6. The maximum Gasteiger partial charge on any atom is 0.346 e. The standard InChI is InChI=1S/C18H21N5O3/c1-2-21-9-10-22-16(17(21)25)20-23(18(22)26)11-15(24)19-14-8-7-12-5-3-4-6-13(12)14/h3-6,14H,2,7-11H2,1H3,(H,19,24). The van der Waals surface area contributed by atoms with Crippen LogP contribution in [0.4, 0.5) is 0 Å². The Morgan fingerprint density at radius 3 is 2.88 bits per heavy atom. The summed E-state index contributed by atoms with van der Waals surface area (Å²) < 4.78 is 2.44. The first-order valence-corrected chi connectivity index (χ1v) is 8.92. The molecule has 1 aliphatic carbocycles. The predicted molar refractivity (Wildman–Crippen MR) is 93.7 cm³/mol. The third kappa shape index (κ3) is 2.71. The second-order valence-corrected chi connectivity index (χ2v) is 6.66. The fourth-order valence-electron chi connectivity index (χ4n) is 3.75. The third-order valence-corrected chi connectivity index (χ3v) is 5.14. The minimum Gasteiger partial charge on any atom is -0.348 e. The van der Waals surface area contributed by atoms with Gasteiger partial charge >= 0.3 is 5.69 Å².